The fourth-order valence-corrected chi connectivity index (χ4v) is 3.52. The van der Waals surface area contributed by atoms with Gasteiger partial charge in [0.05, 0.1) is 5.92 Å². The minimum Gasteiger partial charge on any atom is -0.350 e. The summed E-state index contributed by atoms with van der Waals surface area (Å²) >= 11 is 0. The Morgan fingerprint density at radius 2 is 2.04 bits per heavy atom. The van der Waals surface area contributed by atoms with Crippen LogP contribution in [-0.4, -0.2) is 60.9 Å². The zero-order chi connectivity index (χ0) is 18.0. The van der Waals surface area contributed by atoms with Gasteiger partial charge in [0.2, 0.25) is 11.8 Å². The molecule has 136 valence electrons. The molecule has 3 rings (SSSR count). The average molecular weight is 343 g/mol. The van der Waals surface area contributed by atoms with Crippen LogP contribution in [0.15, 0.2) is 24.3 Å². The Kier molecular flexibility index (Phi) is 5.13. The third-order valence-corrected chi connectivity index (χ3v) is 5.43. The van der Waals surface area contributed by atoms with E-state index in [9.17, 15) is 9.59 Å². The number of rotatable bonds is 7. The van der Waals surface area contributed by atoms with Gasteiger partial charge < -0.3 is 15.1 Å². The SMILES string of the molecule is Cc1ccccc1CC1(NC(=O)[C@H]2CC(=O)N(CCN(C)C)C2)CC1. The first-order valence-electron chi connectivity index (χ1n) is 9.18. The average Bonchev–Trinajstić information content (AvgIpc) is 3.20. The van der Waals surface area contributed by atoms with Crippen molar-refractivity contribution < 1.29 is 9.59 Å². The maximum absolute atomic E-state index is 12.7. The molecular formula is C20H29N3O2. The van der Waals surface area contributed by atoms with E-state index < -0.39 is 0 Å². The molecule has 25 heavy (non-hydrogen) atoms. The number of hydrogen-bond donors (Lipinski definition) is 1. The lowest BCUT2D eigenvalue weighted by Gasteiger charge is -2.22. The number of benzene rings is 1. The molecule has 5 heteroatoms. The number of nitrogens with zero attached hydrogens (tertiary/aromatic N) is 2. The zero-order valence-corrected chi connectivity index (χ0v) is 15.5. The van der Waals surface area contributed by atoms with Crippen LogP contribution in [0, 0.1) is 12.8 Å². The maximum atomic E-state index is 12.7. The van der Waals surface area contributed by atoms with Crippen molar-refractivity contribution in [3.05, 3.63) is 35.4 Å². The number of likely N-dealkylation sites (N-methyl/N-ethyl adjacent to an activating group) is 1. The van der Waals surface area contributed by atoms with Crippen LogP contribution < -0.4 is 5.32 Å². The predicted molar refractivity (Wildman–Crippen MR) is 98.2 cm³/mol. The highest BCUT2D eigenvalue weighted by Gasteiger charge is 2.46. The van der Waals surface area contributed by atoms with E-state index in [2.05, 4.69) is 35.3 Å². The molecule has 0 unspecified atom stereocenters. The Morgan fingerprint density at radius 3 is 2.68 bits per heavy atom. The minimum atomic E-state index is -0.205. The zero-order valence-electron chi connectivity index (χ0n) is 15.5. The molecule has 1 aliphatic carbocycles. The van der Waals surface area contributed by atoms with E-state index in [4.69, 9.17) is 0 Å². The summed E-state index contributed by atoms with van der Waals surface area (Å²) in [5.41, 5.74) is 2.48. The third kappa shape index (κ3) is 4.40. The molecule has 0 bridgehead atoms. The van der Waals surface area contributed by atoms with Crippen molar-refractivity contribution >= 4 is 11.8 Å². The summed E-state index contributed by atoms with van der Waals surface area (Å²) in [6, 6.07) is 8.36. The third-order valence-electron chi connectivity index (χ3n) is 5.43. The van der Waals surface area contributed by atoms with Crippen LogP contribution in [0.3, 0.4) is 0 Å². The second-order valence-electron chi connectivity index (χ2n) is 7.92. The topological polar surface area (TPSA) is 52.7 Å². The predicted octanol–water partition coefficient (Wildman–Crippen LogP) is 1.60. The highest BCUT2D eigenvalue weighted by atomic mass is 16.2. The van der Waals surface area contributed by atoms with E-state index >= 15 is 0 Å². The first-order chi connectivity index (χ1) is 11.9. The minimum absolute atomic E-state index is 0.0480. The van der Waals surface area contributed by atoms with E-state index in [0.717, 1.165) is 25.8 Å². The van der Waals surface area contributed by atoms with Crippen molar-refractivity contribution in [1.29, 1.82) is 0 Å². The molecule has 1 atom stereocenters. The molecule has 1 saturated carbocycles. The van der Waals surface area contributed by atoms with Crippen LogP contribution in [0.5, 0.6) is 0 Å². The standard InChI is InChI=1S/C20H29N3O2/c1-15-6-4-5-7-16(15)13-20(8-9-20)21-19(25)17-12-18(24)23(14-17)11-10-22(2)3/h4-7,17H,8-14H2,1-3H3,(H,21,25)/t17-/m0/s1. The van der Waals surface area contributed by atoms with E-state index in [-0.39, 0.29) is 23.3 Å². The van der Waals surface area contributed by atoms with Crippen molar-refractivity contribution in [2.45, 2.75) is 38.1 Å². The molecule has 0 aromatic heterocycles. The Labute approximate surface area is 150 Å². The van der Waals surface area contributed by atoms with E-state index in [1.54, 1.807) is 0 Å². The molecule has 1 heterocycles. The van der Waals surface area contributed by atoms with Crippen LogP contribution in [0.25, 0.3) is 0 Å². The number of likely N-dealkylation sites (tertiary alicyclic amines) is 1. The molecule has 2 fully saturated rings. The number of amides is 2. The van der Waals surface area contributed by atoms with E-state index in [1.807, 2.05) is 25.1 Å². The fourth-order valence-electron chi connectivity index (χ4n) is 3.52. The number of aryl methyl sites for hydroxylation is 1. The molecule has 5 nitrogen and oxygen atoms in total. The second kappa shape index (κ2) is 7.16. The first-order valence-corrected chi connectivity index (χ1v) is 9.18. The van der Waals surface area contributed by atoms with Crippen LogP contribution in [-0.2, 0) is 16.0 Å². The van der Waals surface area contributed by atoms with Crippen molar-refractivity contribution in [2.75, 3.05) is 33.7 Å². The summed E-state index contributed by atoms with van der Waals surface area (Å²) < 4.78 is 0. The van der Waals surface area contributed by atoms with Crippen LogP contribution in [0.4, 0.5) is 0 Å². The van der Waals surface area contributed by atoms with Crippen LogP contribution >= 0.6 is 0 Å². The Morgan fingerprint density at radius 1 is 1.32 bits per heavy atom. The number of carbonyl (C=O) groups excluding carboxylic acids is 2. The van der Waals surface area contributed by atoms with Gasteiger partial charge in [-0.15, -0.1) is 0 Å². The highest BCUT2D eigenvalue weighted by Crippen LogP contribution is 2.39. The van der Waals surface area contributed by atoms with Crippen molar-refractivity contribution in [3.63, 3.8) is 0 Å². The molecule has 0 radical (unpaired) electrons. The van der Waals surface area contributed by atoms with Crippen LogP contribution in [0.1, 0.15) is 30.4 Å². The Balaban J connectivity index is 1.56. The molecular weight excluding hydrogens is 314 g/mol. The summed E-state index contributed by atoms with van der Waals surface area (Å²) in [7, 11) is 3.99. The van der Waals surface area contributed by atoms with Gasteiger partial charge in [-0.1, -0.05) is 24.3 Å². The van der Waals surface area contributed by atoms with Gasteiger partial charge in [0.1, 0.15) is 0 Å². The van der Waals surface area contributed by atoms with E-state index in [1.165, 1.54) is 11.1 Å². The van der Waals surface area contributed by atoms with Gasteiger partial charge in [0, 0.05) is 31.6 Å². The normalized spacial score (nSPS) is 21.7. The summed E-state index contributed by atoms with van der Waals surface area (Å²) in [6.45, 7) is 4.20. The quantitative estimate of drug-likeness (QED) is 0.818. The summed E-state index contributed by atoms with van der Waals surface area (Å²) in [5.74, 6) is -0.0541. The van der Waals surface area contributed by atoms with Crippen molar-refractivity contribution in [2.24, 2.45) is 5.92 Å². The van der Waals surface area contributed by atoms with E-state index in [0.29, 0.717) is 19.5 Å². The molecule has 1 N–H and O–H groups in total. The fraction of sp³-hybridized carbons (Fsp3) is 0.600. The Bertz CT molecular complexity index is 652. The molecule has 2 amide bonds. The summed E-state index contributed by atoms with van der Waals surface area (Å²) in [4.78, 5) is 28.7. The van der Waals surface area contributed by atoms with Gasteiger partial charge in [0.25, 0.3) is 0 Å². The monoisotopic (exact) mass is 343 g/mol. The van der Waals surface area contributed by atoms with Gasteiger partial charge in [-0.2, -0.15) is 0 Å². The number of hydrogen-bond acceptors (Lipinski definition) is 3. The largest absolute Gasteiger partial charge is 0.350 e. The lowest BCUT2D eigenvalue weighted by molar-refractivity contribution is -0.129. The number of carbonyl (C=O) groups is 2. The molecule has 1 aromatic rings. The van der Waals surface area contributed by atoms with Gasteiger partial charge in [-0.3, -0.25) is 9.59 Å². The first kappa shape index (κ1) is 17.9. The van der Waals surface area contributed by atoms with Gasteiger partial charge in [0.15, 0.2) is 0 Å². The van der Waals surface area contributed by atoms with Gasteiger partial charge in [-0.05, 0) is 51.4 Å². The molecule has 0 spiro atoms. The van der Waals surface area contributed by atoms with Gasteiger partial charge >= 0.3 is 0 Å². The molecule has 2 aliphatic rings. The summed E-state index contributed by atoms with van der Waals surface area (Å²) in [6.07, 6.45) is 3.28. The van der Waals surface area contributed by atoms with Crippen molar-refractivity contribution in [3.8, 4) is 0 Å². The Hall–Kier alpha value is -1.88. The summed E-state index contributed by atoms with van der Waals surface area (Å²) in [5, 5.41) is 3.26. The highest BCUT2D eigenvalue weighted by molar-refractivity contribution is 5.89. The second-order valence-corrected chi connectivity index (χ2v) is 7.92. The maximum Gasteiger partial charge on any atom is 0.225 e. The molecule has 1 aromatic carbocycles. The number of nitrogens with one attached hydrogen (secondary N) is 1. The lowest BCUT2D eigenvalue weighted by Crippen LogP contribution is -2.43. The van der Waals surface area contributed by atoms with Crippen LogP contribution in [0.2, 0.25) is 0 Å². The van der Waals surface area contributed by atoms with Gasteiger partial charge in [-0.25, -0.2) is 0 Å². The lowest BCUT2D eigenvalue weighted by atomic mass is 9.98. The smallest absolute Gasteiger partial charge is 0.225 e. The van der Waals surface area contributed by atoms with Crippen molar-refractivity contribution in [1.82, 2.24) is 15.1 Å². The molecule has 1 saturated heterocycles. The molecule has 1 aliphatic heterocycles.